The Kier molecular flexibility index (Phi) is 28.5. The Morgan fingerprint density at radius 3 is 2.07 bits per heavy atom. The number of esters is 1. The Morgan fingerprint density at radius 2 is 1.45 bits per heavy atom. The molecular weight excluding hydrogens is 514 g/mol. The molecule has 0 N–H and O–H groups in total. The molecule has 0 saturated heterocycles. The summed E-state index contributed by atoms with van der Waals surface area (Å²) >= 11 is 0. The Hall–Kier alpha value is -2.31. The number of hydrogen-bond donors (Lipinski definition) is 0. The highest BCUT2D eigenvalue weighted by atomic mass is 16.5. The van der Waals surface area contributed by atoms with Crippen LogP contribution in [0.15, 0.2) is 60.8 Å². The van der Waals surface area contributed by atoms with E-state index in [2.05, 4.69) is 112 Å². The van der Waals surface area contributed by atoms with Gasteiger partial charge in [-0.3, -0.25) is 4.79 Å². The van der Waals surface area contributed by atoms with E-state index in [9.17, 15) is 4.79 Å². The van der Waals surface area contributed by atoms with Crippen LogP contribution >= 0.6 is 0 Å². The predicted octanol–water partition coefficient (Wildman–Crippen LogP) is 10.8. The van der Waals surface area contributed by atoms with E-state index in [1.54, 1.807) is 0 Å². The zero-order valence-electron chi connectivity index (χ0n) is 28.3. The van der Waals surface area contributed by atoms with E-state index < -0.39 is 0 Å². The first-order chi connectivity index (χ1) is 20.5. The molecule has 0 aromatic rings. The summed E-state index contributed by atoms with van der Waals surface area (Å²) in [6, 6.07) is 0. The second kappa shape index (κ2) is 30.2. The van der Waals surface area contributed by atoms with Crippen molar-refractivity contribution in [1.29, 1.82) is 0 Å². The lowest BCUT2D eigenvalue weighted by molar-refractivity contribution is -0.153. The van der Waals surface area contributed by atoms with Gasteiger partial charge < -0.3 is 9.64 Å². The average molecular weight is 580 g/mol. The van der Waals surface area contributed by atoms with Crippen molar-refractivity contribution in [2.75, 3.05) is 20.6 Å². The van der Waals surface area contributed by atoms with E-state index in [1.165, 1.54) is 6.42 Å². The number of rotatable bonds is 25. The number of carbonyl (C=O) groups excluding carboxylic acids is 1. The van der Waals surface area contributed by atoms with Crippen molar-refractivity contribution in [2.45, 2.75) is 137 Å². The summed E-state index contributed by atoms with van der Waals surface area (Å²) in [5, 5.41) is 0. The highest BCUT2D eigenvalue weighted by molar-refractivity contribution is 5.69. The molecule has 42 heavy (non-hydrogen) atoms. The molecule has 0 amide bonds. The number of unbranched alkanes of at least 4 members (excludes halogenated alkanes) is 2. The summed E-state index contributed by atoms with van der Waals surface area (Å²) in [7, 11) is 4.16. The summed E-state index contributed by atoms with van der Waals surface area (Å²) in [5.74, 6) is 7.55. The predicted molar refractivity (Wildman–Crippen MR) is 185 cm³/mol. The summed E-state index contributed by atoms with van der Waals surface area (Å²) in [4.78, 5) is 15.3. The van der Waals surface area contributed by atoms with Gasteiger partial charge in [0.25, 0.3) is 0 Å². The molecule has 0 saturated carbocycles. The van der Waals surface area contributed by atoms with Crippen LogP contribution in [0.1, 0.15) is 130 Å². The van der Waals surface area contributed by atoms with E-state index in [-0.39, 0.29) is 18.0 Å². The third-order valence-corrected chi connectivity index (χ3v) is 7.37. The van der Waals surface area contributed by atoms with E-state index in [0.29, 0.717) is 12.3 Å². The van der Waals surface area contributed by atoms with Gasteiger partial charge in [-0.1, -0.05) is 93.9 Å². The van der Waals surface area contributed by atoms with Crippen molar-refractivity contribution in [1.82, 2.24) is 4.90 Å². The molecule has 3 nitrogen and oxygen atoms in total. The lowest BCUT2D eigenvalue weighted by atomic mass is 9.83. The van der Waals surface area contributed by atoms with E-state index >= 15 is 0 Å². The summed E-state index contributed by atoms with van der Waals surface area (Å²) in [6.07, 6.45) is 37.6. The van der Waals surface area contributed by atoms with Crippen molar-refractivity contribution in [3.63, 3.8) is 0 Å². The fourth-order valence-electron chi connectivity index (χ4n) is 4.92. The van der Waals surface area contributed by atoms with Crippen molar-refractivity contribution < 1.29 is 9.53 Å². The minimum atomic E-state index is -0.0956. The van der Waals surface area contributed by atoms with Gasteiger partial charge in [0.1, 0.15) is 6.10 Å². The van der Waals surface area contributed by atoms with Crippen LogP contribution in [0.2, 0.25) is 0 Å². The van der Waals surface area contributed by atoms with E-state index in [4.69, 9.17) is 4.74 Å². The number of ether oxygens (including phenoxy) is 1. The lowest BCUT2D eigenvalue weighted by Crippen LogP contribution is -2.30. The van der Waals surface area contributed by atoms with Crippen LogP contribution in [0.3, 0.4) is 0 Å². The third-order valence-electron chi connectivity index (χ3n) is 7.37. The van der Waals surface area contributed by atoms with Crippen molar-refractivity contribution in [3.8, 4) is 11.8 Å². The van der Waals surface area contributed by atoms with Gasteiger partial charge in [-0.15, -0.1) is 5.92 Å². The zero-order valence-corrected chi connectivity index (χ0v) is 28.3. The molecule has 0 aliphatic carbocycles. The SMILES string of the molecule is C/C=C/C=C\CCC(CC#CC/C=C\CCC)C(CC(CC/C=C\CC)CC/C=C\CC)OC(=O)CCCCN(C)C. The van der Waals surface area contributed by atoms with Gasteiger partial charge >= 0.3 is 5.97 Å². The Labute approximate surface area is 261 Å². The lowest BCUT2D eigenvalue weighted by Gasteiger charge is -2.29. The van der Waals surface area contributed by atoms with Crippen molar-refractivity contribution in [3.05, 3.63) is 60.8 Å². The molecular formula is C39H65NO2. The van der Waals surface area contributed by atoms with E-state index in [1.807, 2.05) is 6.92 Å². The molecule has 0 heterocycles. The van der Waals surface area contributed by atoms with Crippen LogP contribution in [0.5, 0.6) is 0 Å². The Morgan fingerprint density at radius 1 is 0.786 bits per heavy atom. The molecule has 2 unspecified atom stereocenters. The van der Waals surface area contributed by atoms with E-state index in [0.717, 1.165) is 96.4 Å². The minimum absolute atomic E-state index is 0.0424. The molecule has 0 aromatic carbocycles. The highest BCUT2D eigenvalue weighted by Crippen LogP contribution is 2.30. The standard InChI is InChI=1S/C39H65NO2/c1-7-11-15-19-20-22-26-32-37(31-25-21-16-12-8-2)38(42-39(41)33-27-28-34-40(5)6)35-36(29-23-17-13-9-3)30-24-18-14-10-4/h8,12-19,21,36-38H,7,9-11,20,23-25,27-35H2,1-6H3/b12-8+,17-13-,18-14-,19-15-,21-16-. The summed E-state index contributed by atoms with van der Waals surface area (Å²) in [5.41, 5.74) is 0. The first-order valence-electron chi connectivity index (χ1n) is 17.0. The maximum atomic E-state index is 13.1. The van der Waals surface area contributed by atoms with Crippen LogP contribution in [-0.4, -0.2) is 37.6 Å². The van der Waals surface area contributed by atoms with Crippen LogP contribution in [0.25, 0.3) is 0 Å². The molecule has 0 aromatic heterocycles. The molecule has 0 rings (SSSR count). The van der Waals surface area contributed by atoms with Crippen LogP contribution in [0.4, 0.5) is 0 Å². The number of allylic oxidation sites excluding steroid dienone is 10. The third kappa shape index (κ3) is 25.4. The molecule has 0 spiro atoms. The smallest absolute Gasteiger partial charge is 0.306 e. The van der Waals surface area contributed by atoms with Crippen molar-refractivity contribution in [2.24, 2.45) is 11.8 Å². The van der Waals surface area contributed by atoms with Crippen LogP contribution < -0.4 is 0 Å². The van der Waals surface area contributed by atoms with Gasteiger partial charge in [-0.25, -0.2) is 0 Å². The largest absolute Gasteiger partial charge is 0.462 e. The molecule has 0 radical (unpaired) electrons. The van der Waals surface area contributed by atoms with Gasteiger partial charge in [0, 0.05) is 25.2 Å². The molecule has 0 aliphatic heterocycles. The Bertz CT molecular complexity index is 818. The number of nitrogens with zero attached hydrogens (tertiary/aromatic N) is 1. The number of carbonyl (C=O) groups is 1. The molecule has 2 atom stereocenters. The fourth-order valence-corrected chi connectivity index (χ4v) is 4.92. The summed E-state index contributed by atoms with van der Waals surface area (Å²) < 4.78 is 6.39. The van der Waals surface area contributed by atoms with Gasteiger partial charge in [-0.2, -0.15) is 0 Å². The fraction of sp³-hybridized carbons (Fsp3) is 0.667. The molecule has 0 aliphatic rings. The normalized spacial score (nSPS) is 13.8. The quantitative estimate of drug-likeness (QED) is 0.0354. The highest BCUT2D eigenvalue weighted by Gasteiger charge is 2.27. The molecule has 3 heteroatoms. The maximum absolute atomic E-state index is 13.1. The second-order valence-electron chi connectivity index (χ2n) is 11.6. The van der Waals surface area contributed by atoms with Gasteiger partial charge in [-0.05, 0) is 111 Å². The van der Waals surface area contributed by atoms with Gasteiger partial charge in [0.15, 0.2) is 0 Å². The first-order valence-corrected chi connectivity index (χ1v) is 17.0. The topological polar surface area (TPSA) is 29.5 Å². The molecule has 0 fully saturated rings. The first kappa shape index (κ1) is 39.7. The zero-order chi connectivity index (χ0) is 31.1. The van der Waals surface area contributed by atoms with Crippen LogP contribution in [-0.2, 0) is 9.53 Å². The molecule has 238 valence electrons. The van der Waals surface area contributed by atoms with Gasteiger partial charge in [0.05, 0.1) is 0 Å². The minimum Gasteiger partial charge on any atom is -0.462 e. The summed E-state index contributed by atoms with van der Waals surface area (Å²) in [6.45, 7) is 9.61. The van der Waals surface area contributed by atoms with Gasteiger partial charge in [0.2, 0.25) is 0 Å². The Balaban J connectivity index is 5.87. The average Bonchev–Trinajstić information content (AvgIpc) is 2.97. The monoisotopic (exact) mass is 580 g/mol. The van der Waals surface area contributed by atoms with Crippen molar-refractivity contribution >= 4 is 5.97 Å². The molecule has 0 bridgehead atoms. The number of hydrogen-bond acceptors (Lipinski definition) is 3. The second-order valence-corrected chi connectivity index (χ2v) is 11.6. The van der Waals surface area contributed by atoms with Crippen LogP contribution in [0, 0.1) is 23.7 Å². The maximum Gasteiger partial charge on any atom is 0.306 e.